The third-order valence-electron chi connectivity index (χ3n) is 5.12. The third kappa shape index (κ3) is 2.99. The molecule has 2 aliphatic rings. The largest absolute Gasteiger partial charge is 0.338 e. The number of aryl methyl sites for hydroxylation is 1. The lowest BCUT2D eigenvalue weighted by molar-refractivity contribution is 0.169. The molecule has 2 fully saturated rings. The number of imidazole rings is 1. The van der Waals surface area contributed by atoms with Crippen LogP contribution in [0.2, 0.25) is 0 Å². The molecule has 122 valence electrons. The molecule has 3 rings (SSSR count). The number of piperidine rings is 1. The Kier molecular flexibility index (Phi) is 4.69. The SMILES string of the molecule is CCCNC(=O)N1CCC(n2c(C)cnc2C2CCC2)CC1. The average molecular weight is 304 g/mol. The van der Waals surface area contributed by atoms with Crippen molar-refractivity contribution in [2.45, 2.75) is 64.3 Å². The summed E-state index contributed by atoms with van der Waals surface area (Å²) in [6.07, 6.45) is 9.00. The van der Waals surface area contributed by atoms with Gasteiger partial charge in [0.25, 0.3) is 0 Å². The van der Waals surface area contributed by atoms with Crippen molar-refractivity contribution in [3.63, 3.8) is 0 Å². The van der Waals surface area contributed by atoms with E-state index < -0.39 is 0 Å². The third-order valence-corrected chi connectivity index (χ3v) is 5.12. The quantitative estimate of drug-likeness (QED) is 0.928. The molecule has 1 saturated heterocycles. The molecule has 1 aliphatic heterocycles. The topological polar surface area (TPSA) is 50.2 Å². The number of rotatable bonds is 4. The van der Waals surface area contributed by atoms with Crippen molar-refractivity contribution in [1.29, 1.82) is 0 Å². The lowest BCUT2D eigenvalue weighted by atomic mass is 9.84. The monoisotopic (exact) mass is 304 g/mol. The van der Waals surface area contributed by atoms with E-state index in [0.717, 1.165) is 38.9 Å². The summed E-state index contributed by atoms with van der Waals surface area (Å²) in [4.78, 5) is 18.7. The maximum absolute atomic E-state index is 12.0. The van der Waals surface area contributed by atoms with E-state index in [1.165, 1.54) is 30.8 Å². The number of urea groups is 1. The number of carbonyl (C=O) groups is 1. The molecule has 2 heterocycles. The maximum atomic E-state index is 12.0. The predicted molar refractivity (Wildman–Crippen MR) is 87.1 cm³/mol. The Hall–Kier alpha value is -1.52. The number of aromatic nitrogens is 2. The van der Waals surface area contributed by atoms with Crippen molar-refractivity contribution in [1.82, 2.24) is 19.8 Å². The summed E-state index contributed by atoms with van der Waals surface area (Å²) < 4.78 is 2.46. The Morgan fingerprint density at radius 3 is 2.64 bits per heavy atom. The predicted octanol–water partition coefficient (Wildman–Crippen LogP) is 3.22. The van der Waals surface area contributed by atoms with Gasteiger partial charge in [0, 0.05) is 43.5 Å². The fourth-order valence-electron chi connectivity index (χ4n) is 3.58. The van der Waals surface area contributed by atoms with Crippen LogP contribution in [0.1, 0.15) is 68.9 Å². The lowest BCUT2D eigenvalue weighted by Gasteiger charge is -2.35. The van der Waals surface area contributed by atoms with Gasteiger partial charge in [0.15, 0.2) is 0 Å². The first-order valence-electron chi connectivity index (χ1n) is 8.77. The van der Waals surface area contributed by atoms with Gasteiger partial charge in [-0.25, -0.2) is 9.78 Å². The van der Waals surface area contributed by atoms with Gasteiger partial charge in [-0.2, -0.15) is 0 Å². The van der Waals surface area contributed by atoms with Crippen LogP contribution in [-0.2, 0) is 0 Å². The van der Waals surface area contributed by atoms with E-state index in [1.54, 1.807) is 0 Å². The van der Waals surface area contributed by atoms with Gasteiger partial charge in [0.1, 0.15) is 5.82 Å². The molecule has 0 bridgehead atoms. The van der Waals surface area contributed by atoms with Crippen LogP contribution >= 0.6 is 0 Å². The maximum Gasteiger partial charge on any atom is 0.317 e. The standard InChI is InChI=1S/C17H28N4O/c1-3-9-18-17(22)20-10-7-15(8-11-20)21-13(2)12-19-16(21)14-5-4-6-14/h12,14-15H,3-11H2,1-2H3,(H,18,22). The minimum absolute atomic E-state index is 0.0990. The van der Waals surface area contributed by atoms with Crippen LogP contribution < -0.4 is 5.32 Å². The number of carbonyl (C=O) groups excluding carboxylic acids is 1. The number of hydrogen-bond acceptors (Lipinski definition) is 2. The van der Waals surface area contributed by atoms with Gasteiger partial charge >= 0.3 is 6.03 Å². The van der Waals surface area contributed by atoms with Gasteiger partial charge in [0.2, 0.25) is 0 Å². The summed E-state index contributed by atoms with van der Waals surface area (Å²) in [6, 6.07) is 0.607. The van der Waals surface area contributed by atoms with Gasteiger partial charge in [-0.1, -0.05) is 13.3 Å². The summed E-state index contributed by atoms with van der Waals surface area (Å²) in [5, 5.41) is 2.98. The first-order chi connectivity index (χ1) is 10.7. The van der Waals surface area contributed by atoms with Crippen molar-refractivity contribution in [3.8, 4) is 0 Å². The molecule has 2 amide bonds. The van der Waals surface area contributed by atoms with E-state index in [2.05, 4.69) is 28.7 Å². The van der Waals surface area contributed by atoms with Gasteiger partial charge in [0.05, 0.1) is 0 Å². The van der Waals surface area contributed by atoms with Crippen molar-refractivity contribution in [2.24, 2.45) is 0 Å². The second-order valence-corrected chi connectivity index (χ2v) is 6.71. The van der Waals surface area contributed by atoms with E-state index >= 15 is 0 Å². The first-order valence-corrected chi connectivity index (χ1v) is 8.77. The van der Waals surface area contributed by atoms with Crippen molar-refractivity contribution in [2.75, 3.05) is 19.6 Å². The minimum Gasteiger partial charge on any atom is -0.338 e. The summed E-state index contributed by atoms with van der Waals surface area (Å²) in [5.41, 5.74) is 1.27. The second-order valence-electron chi connectivity index (χ2n) is 6.71. The lowest BCUT2D eigenvalue weighted by Crippen LogP contribution is -2.45. The van der Waals surface area contributed by atoms with Gasteiger partial charge in [-0.05, 0) is 39.0 Å². The summed E-state index contributed by atoms with van der Waals surface area (Å²) in [5.74, 6) is 1.96. The highest BCUT2D eigenvalue weighted by molar-refractivity contribution is 5.74. The highest BCUT2D eigenvalue weighted by Gasteiger charge is 2.30. The highest BCUT2D eigenvalue weighted by Crippen LogP contribution is 2.38. The molecule has 5 nitrogen and oxygen atoms in total. The zero-order chi connectivity index (χ0) is 15.5. The van der Waals surface area contributed by atoms with Crippen molar-refractivity contribution >= 4 is 6.03 Å². The number of likely N-dealkylation sites (tertiary alicyclic amines) is 1. The molecule has 22 heavy (non-hydrogen) atoms. The number of nitrogens with one attached hydrogen (secondary N) is 1. The molecule has 1 saturated carbocycles. The zero-order valence-electron chi connectivity index (χ0n) is 13.8. The van der Waals surface area contributed by atoms with Crippen LogP contribution in [0.4, 0.5) is 4.79 Å². The zero-order valence-corrected chi connectivity index (χ0v) is 13.8. The molecule has 1 aromatic heterocycles. The molecule has 1 aromatic rings. The molecule has 0 spiro atoms. The van der Waals surface area contributed by atoms with Crippen LogP contribution in [0.15, 0.2) is 6.20 Å². The van der Waals surface area contributed by atoms with E-state index in [9.17, 15) is 4.79 Å². The molecule has 0 atom stereocenters. The van der Waals surface area contributed by atoms with Gasteiger partial charge in [-0.3, -0.25) is 0 Å². The normalized spacial score (nSPS) is 20.0. The van der Waals surface area contributed by atoms with E-state index in [1.807, 2.05) is 11.1 Å². The molecule has 0 radical (unpaired) electrons. The fraction of sp³-hybridized carbons (Fsp3) is 0.765. The summed E-state index contributed by atoms with van der Waals surface area (Å²) >= 11 is 0. The highest BCUT2D eigenvalue weighted by atomic mass is 16.2. The van der Waals surface area contributed by atoms with E-state index in [-0.39, 0.29) is 6.03 Å². The van der Waals surface area contributed by atoms with E-state index in [0.29, 0.717) is 12.0 Å². The second kappa shape index (κ2) is 6.71. The average Bonchev–Trinajstić information content (AvgIpc) is 2.85. The van der Waals surface area contributed by atoms with E-state index in [4.69, 9.17) is 0 Å². The minimum atomic E-state index is 0.0990. The van der Waals surface area contributed by atoms with Gasteiger partial charge < -0.3 is 14.8 Å². The van der Waals surface area contributed by atoms with Crippen LogP contribution in [-0.4, -0.2) is 40.1 Å². The smallest absolute Gasteiger partial charge is 0.317 e. The Morgan fingerprint density at radius 1 is 1.32 bits per heavy atom. The Labute approximate surface area is 133 Å². The fourth-order valence-corrected chi connectivity index (χ4v) is 3.58. The molecular formula is C17H28N4O. The summed E-state index contributed by atoms with van der Waals surface area (Å²) in [7, 11) is 0. The number of nitrogens with zero attached hydrogens (tertiary/aromatic N) is 3. The Morgan fingerprint density at radius 2 is 2.05 bits per heavy atom. The van der Waals surface area contributed by atoms with Gasteiger partial charge in [-0.15, -0.1) is 0 Å². The van der Waals surface area contributed by atoms with Crippen LogP contribution in [0.5, 0.6) is 0 Å². The van der Waals surface area contributed by atoms with Crippen molar-refractivity contribution in [3.05, 3.63) is 17.7 Å². The number of amides is 2. The Balaban J connectivity index is 1.62. The molecule has 5 heteroatoms. The van der Waals surface area contributed by atoms with Crippen molar-refractivity contribution < 1.29 is 4.79 Å². The van der Waals surface area contributed by atoms with Crippen LogP contribution in [0.25, 0.3) is 0 Å². The van der Waals surface area contributed by atoms with Crippen LogP contribution in [0, 0.1) is 6.92 Å². The molecule has 1 aliphatic carbocycles. The molecule has 0 unspecified atom stereocenters. The molecule has 1 N–H and O–H groups in total. The molecular weight excluding hydrogens is 276 g/mol. The first kappa shape index (κ1) is 15.4. The number of hydrogen-bond donors (Lipinski definition) is 1. The summed E-state index contributed by atoms with van der Waals surface area (Å²) in [6.45, 7) is 6.71. The Bertz CT molecular complexity index is 513. The van der Waals surface area contributed by atoms with Crippen LogP contribution in [0.3, 0.4) is 0 Å². The molecule has 0 aromatic carbocycles.